The highest BCUT2D eigenvalue weighted by atomic mass is 19.4. The monoisotopic (exact) mass is 510 g/mol. The molecular weight excluding hydrogens is 498 g/mol. The first-order chi connectivity index (χ1) is 13.8. The second-order valence-corrected chi connectivity index (χ2v) is 6.78. The molecule has 0 aliphatic carbocycles. The van der Waals surface area contributed by atoms with Crippen LogP contribution in [-0.4, -0.2) is 65.1 Å². The molecule has 0 radical (unpaired) electrons. The van der Waals surface area contributed by atoms with Gasteiger partial charge in [0, 0.05) is 0 Å². The first kappa shape index (κ1) is 28.4. The van der Waals surface area contributed by atoms with E-state index in [0.29, 0.717) is 6.92 Å². The van der Waals surface area contributed by atoms with Crippen LogP contribution in [0.1, 0.15) is 20.3 Å². The van der Waals surface area contributed by atoms with Gasteiger partial charge in [0.2, 0.25) is 0 Å². The molecule has 18 heteroatoms. The van der Waals surface area contributed by atoms with Gasteiger partial charge in [-0.2, -0.15) is 61.5 Å². The van der Waals surface area contributed by atoms with Gasteiger partial charge in [-0.15, -0.1) is 0 Å². The van der Waals surface area contributed by atoms with Gasteiger partial charge < -0.3 is 14.6 Å². The first-order valence-electron chi connectivity index (χ1n) is 8.06. The summed E-state index contributed by atoms with van der Waals surface area (Å²) in [7, 11) is 0. The van der Waals surface area contributed by atoms with E-state index in [1.807, 2.05) is 0 Å². The minimum absolute atomic E-state index is 0.522. The number of carbonyl (C=O) groups excluding carboxylic acids is 1. The van der Waals surface area contributed by atoms with Crippen LogP contribution >= 0.6 is 0 Å². The van der Waals surface area contributed by atoms with Crippen molar-refractivity contribution in [2.75, 3.05) is 6.61 Å². The number of esters is 1. The fourth-order valence-corrected chi connectivity index (χ4v) is 2.43. The molecule has 0 bridgehead atoms. The predicted octanol–water partition coefficient (Wildman–Crippen LogP) is 4.70. The highest BCUT2D eigenvalue weighted by Crippen LogP contribution is 2.65. The van der Waals surface area contributed by atoms with Crippen molar-refractivity contribution < 1.29 is 80.8 Å². The molecule has 1 N–H and O–H groups in total. The molecule has 0 saturated carbocycles. The van der Waals surface area contributed by atoms with Crippen molar-refractivity contribution in [2.24, 2.45) is 5.92 Å². The number of rotatable bonds is 6. The van der Waals surface area contributed by atoms with Crippen LogP contribution in [0.25, 0.3) is 0 Å². The number of aliphatic hydroxyl groups is 1. The summed E-state index contributed by atoms with van der Waals surface area (Å²) in [5.41, 5.74) is -6.15. The molecule has 1 aliphatic rings. The summed E-state index contributed by atoms with van der Waals surface area (Å²) in [6.07, 6.45) is -14.9. The normalized spacial score (nSPS) is 28.5. The highest BCUT2D eigenvalue weighted by Gasteiger charge is 2.97. The van der Waals surface area contributed by atoms with E-state index >= 15 is 0 Å². The quantitative estimate of drug-likeness (QED) is 0.416. The van der Waals surface area contributed by atoms with E-state index in [9.17, 15) is 66.3 Å². The van der Waals surface area contributed by atoms with Gasteiger partial charge in [0.1, 0.15) is 6.61 Å². The van der Waals surface area contributed by atoms with Crippen molar-refractivity contribution in [3.63, 3.8) is 0 Å². The zero-order valence-corrected chi connectivity index (χ0v) is 15.5. The molecule has 0 spiro atoms. The Morgan fingerprint density at radius 3 is 1.72 bits per heavy atom. The van der Waals surface area contributed by atoms with Crippen LogP contribution in [0.5, 0.6) is 0 Å². The zero-order chi connectivity index (χ0) is 26.0. The minimum Gasteiger partial charge on any atom is -0.443 e. The molecule has 1 saturated heterocycles. The summed E-state index contributed by atoms with van der Waals surface area (Å²) < 4.78 is 194. The fourth-order valence-electron chi connectivity index (χ4n) is 2.43. The molecular formula is C14H12F14O4. The SMILES string of the molecule is CCC(C)C(=O)OC1(C(F)(F)C(F)(F)C(F)(F)C(F)(F)F)COC(O)(C(F)(F)F)C1(F)F. The lowest BCUT2D eigenvalue weighted by atomic mass is 9.80. The van der Waals surface area contributed by atoms with Crippen LogP contribution in [0.2, 0.25) is 0 Å². The van der Waals surface area contributed by atoms with Crippen molar-refractivity contribution >= 4 is 5.97 Å². The summed E-state index contributed by atoms with van der Waals surface area (Å²) in [6, 6.07) is 0. The van der Waals surface area contributed by atoms with Crippen molar-refractivity contribution in [1.29, 1.82) is 0 Å². The zero-order valence-electron chi connectivity index (χ0n) is 15.5. The van der Waals surface area contributed by atoms with Crippen LogP contribution in [0, 0.1) is 5.92 Å². The van der Waals surface area contributed by atoms with Crippen LogP contribution in [-0.2, 0) is 14.3 Å². The lowest BCUT2D eigenvalue weighted by Crippen LogP contribution is -2.77. The van der Waals surface area contributed by atoms with Gasteiger partial charge in [-0.1, -0.05) is 13.8 Å². The number of hydrogen-bond acceptors (Lipinski definition) is 4. The third-order valence-electron chi connectivity index (χ3n) is 4.74. The molecule has 0 aromatic carbocycles. The summed E-state index contributed by atoms with van der Waals surface area (Å²) in [5, 5.41) is 9.12. The molecule has 32 heavy (non-hydrogen) atoms. The van der Waals surface area contributed by atoms with E-state index in [1.54, 1.807) is 0 Å². The molecule has 190 valence electrons. The van der Waals surface area contributed by atoms with Gasteiger partial charge in [0.25, 0.3) is 5.60 Å². The summed E-state index contributed by atoms with van der Waals surface area (Å²) in [4.78, 5) is 11.7. The molecule has 1 aliphatic heterocycles. The minimum atomic E-state index is -7.93. The molecule has 0 aromatic heterocycles. The Kier molecular flexibility index (Phi) is 6.63. The number of alkyl halides is 14. The summed E-state index contributed by atoms with van der Waals surface area (Å²) in [5.74, 6) is -40.6. The van der Waals surface area contributed by atoms with Crippen molar-refractivity contribution in [3.8, 4) is 0 Å². The Morgan fingerprint density at radius 2 is 1.41 bits per heavy atom. The summed E-state index contributed by atoms with van der Waals surface area (Å²) >= 11 is 0. The molecule has 1 rings (SSSR count). The number of ether oxygens (including phenoxy) is 2. The molecule has 3 atom stereocenters. The van der Waals surface area contributed by atoms with Gasteiger partial charge in [-0.25, -0.2) is 0 Å². The van der Waals surface area contributed by atoms with E-state index in [1.165, 1.54) is 0 Å². The second kappa shape index (κ2) is 7.46. The van der Waals surface area contributed by atoms with E-state index in [2.05, 4.69) is 9.47 Å². The van der Waals surface area contributed by atoms with Gasteiger partial charge >= 0.3 is 47.8 Å². The standard InChI is InChI=1S/C14H12F14O4/c1-3-5(2)6(29)32-7(4-31-12(30,9(7,17)18)14(26,27)28)8(15,16)10(19,20)11(21,22)13(23,24)25/h5,30H,3-4H2,1-2H3. The van der Waals surface area contributed by atoms with Crippen LogP contribution < -0.4 is 0 Å². The van der Waals surface area contributed by atoms with Crippen molar-refractivity contribution in [2.45, 2.75) is 67.7 Å². The second-order valence-electron chi connectivity index (χ2n) is 6.78. The van der Waals surface area contributed by atoms with E-state index in [0.717, 1.165) is 6.92 Å². The largest absolute Gasteiger partial charge is 0.460 e. The molecule has 0 amide bonds. The lowest BCUT2D eigenvalue weighted by molar-refractivity contribution is -0.445. The lowest BCUT2D eigenvalue weighted by Gasteiger charge is -2.45. The Hall–Kier alpha value is -1.59. The summed E-state index contributed by atoms with van der Waals surface area (Å²) in [6.45, 7) is -1.53. The van der Waals surface area contributed by atoms with Crippen LogP contribution in [0.3, 0.4) is 0 Å². The number of carbonyl (C=O) groups is 1. The van der Waals surface area contributed by atoms with Crippen molar-refractivity contribution in [1.82, 2.24) is 0 Å². The number of hydrogen-bond donors (Lipinski definition) is 1. The average Bonchev–Trinajstić information content (AvgIpc) is 2.81. The highest BCUT2D eigenvalue weighted by molar-refractivity contribution is 5.73. The smallest absolute Gasteiger partial charge is 0.443 e. The Balaban J connectivity index is 3.93. The Bertz CT molecular complexity index is 730. The Morgan fingerprint density at radius 1 is 0.969 bits per heavy atom. The van der Waals surface area contributed by atoms with Gasteiger partial charge in [0.15, 0.2) is 0 Å². The van der Waals surface area contributed by atoms with Crippen LogP contribution in [0.15, 0.2) is 0 Å². The van der Waals surface area contributed by atoms with Gasteiger partial charge in [-0.3, -0.25) is 4.79 Å². The van der Waals surface area contributed by atoms with Gasteiger partial charge in [0.05, 0.1) is 5.92 Å². The molecule has 1 heterocycles. The van der Waals surface area contributed by atoms with E-state index in [4.69, 9.17) is 5.11 Å². The average molecular weight is 510 g/mol. The van der Waals surface area contributed by atoms with Gasteiger partial charge in [-0.05, 0) is 6.42 Å². The third kappa shape index (κ3) is 3.38. The molecule has 3 unspecified atom stereocenters. The van der Waals surface area contributed by atoms with Crippen LogP contribution in [0.4, 0.5) is 61.5 Å². The molecule has 0 aromatic rings. The molecule has 4 nitrogen and oxygen atoms in total. The maximum atomic E-state index is 14.5. The van der Waals surface area contributed by atoms with E-state index in [-0.39, 0.29) is 0 Å². The topological polar surface area (TPSA) is 55.8 Å². The first-order valence-corrected chi connectivity index (χ1v) is 8.06. The predicted molar refractivity (Wildman–Crippen MR) is 71.1 cm³/mol. The van der Waals surface area contributed by atoms with Crippen molar-refractivity contribution in [3.05, 3.63) is 0 Å². The number of halogens is 14. The Labute approximate surface area is 168 Å². The van der Waals surface area contributed by atoms with E-state index < -0.39 is 72.3 Å². The third-order valence-corrected chi connectivity index (χ3v) is 4.74. The fraction of sp³-hybridized carbons (Fsp3) is 0.929. The molecule has 1 fully saturated rings. The maximum Gasteiger partial charge on any atom is 0.460 e. The maximum absolute atomic E-state index is 14.5.